The highest BCUT2D eigenvalue weighted by Crippen LogP contribution is 2.36. The Morgan fingerprint density at radius 1 is 1.47 bits per heavy atom. The summed E-state index contributed by atoms with van der Waals surface area (Å²) in [6, 6.07) is 0. The van der Waals surface area contributed by atoms with E-state index in [1.54, 1.807) is 0 Å². The van der Waals surface area contributed by atoms with Crippen molar-refractivity contribution in [3.63, 3.8) is 0 Å². The van der Waals surface area contributed by atoms with Gasteiger partial charge in [-0.25, -0.2) is 0 Å². The van der Waals surface area contributed by atoms with Crippen molar-refractivity contribution in [1.29, 1.82) is 0 Å². The van der Waals surface area contributed by atoms with Gasteiger partial charge in [0.2, 0.25) is 0 Å². The minimum absolute atomic E-state index is 0.259. The van der Waals surface area contributed by atoms with Gasteiger partial charge >= 0.3 is 0 Å². The van der Waals surface area contributed by atoms with Crippen LogP contribution in [0.1, 0.15) is 40.5 Å². The average molecular weight is 282 g/mol. The van der Waals surface area contributed by atoms with Gasteiger partial charge in [-0.15, -0.1) is 0 Å². The van der Waals surface area contributed by atoms with Crippen LogP contribution in [0.4, 0.5) is 0 Å². The van der Waals surface area contributed by atoms with E-state index in [1.165, 1.54) is 5.57 Å². The molecule has 0 spiro atoms. The molecule has 110 valence electrons. The van der Waals surface area contributed by atoms with Gasteiger partial charge in [0.1, 0.15) is 0 Å². The zero-order chi connectivity index (χ0) is 14.7. The largest absolute Gasteiger partial charge is 0.417 e. The average Bonchev–Trinajstić information content (AvgIpc) is 2.71. The lowest BCUT2D eigenvalue weighted by Gasteiger charge is -2.36. The molecule has 0 radical (unpaired) electrons. The van der Waals surface area contributed by atoms with Crippen molar-refractivity contribution in [2.75, 3.05) is 13.2 Å². The molecule has 0 bridgehead atoms. The van der Waals surface area contributed by atoms with Crippen molar-refractivity contribution in [3.05, 3.63) is 23.8 Å². The third-order valence-corrected chi connectivity index (χ3v) is 8.83. The van der Waals surface area contributed by atoms with Gasteiger partial charge in [-0.2, -0.15) is 0 Å². The van der Waals surface area contributed by atoms with Crippen LogP contribution in [0.25, 0.3) is 0 Å². The molecule has 0 aromatic carbocycles. The second-order valence-corrected chi connectivity index (χ2v) is 11.9. The van der Waals surface area contributed by atoms with Crippen LogP contribution in [-0.4, -0.2) is 27.6 Å². The Hall–Kier alpha value is -0.383. The summed E-state index contributed by atoms with van der Waals surface area (Å²) >= 11 is 0. The van der Waals surface area contributed by atoms with E-state index in [9.17, 15) is 0 Å². The summed E-state index contributed by atoms with van der Waals surface area (Å²) < 4.78 is 11.9. The molecule has 1 aliphatic heterocycles. The maximum Gasteiger partial charge on any atom is 0.191 e. The highest BCUT2D eigenvalue weighted by molar-refractivity contribution is 6.74. The lowest BCUT2D eigenvalue weighted by atomic mass is 10.1. The molecule has 1 rings (SSSR count). The van der Waals surface area contributed by atoms with Crippen LogP contribution in [0.5, 0.6) is 0 Å². The fourth-order valence-electron chi connectivity index (χ4n) is 1.78. The summed E-state index contributed by atoms with van der Waals surface area (Å²) in [6.45, 7) is 19.0. The predicted octanol–water partition coefficient (Wildman–Crippen LogP) is 4.69. The van der Waals surface area contributed by atoms with Gasteiger partial charge in [0, 0.05) is 6.61 Å². The van der Waals surface area contributed by atoms with Gasteiger partial charge in [-0.05, 0) is 43.5 Å². The van der Waals surface area contributed by atoms with Crippen LogP contribution in [0.2, 0.25) is 18.1 Å². The summed E-state index contributed by atoms with van der Waals surface area (Å²) in [6.07, 6.45) is 4.59. The van der Waals surface area contributed by atoms with E-state index in [0.717, 1.165) is 31.6 Å². The predicted molar refractivity (Wildman–Crippen MR) is 85.0 cm³/mol. The Balaban J connectivity index is 2.28. The quantitative estimate of drug-likeness (QED) is 0.520. The first-order chi connectivity index (χ1) is 8.63. The molecular formula is C16H30O2Si. The van der Waals surface area contributed by atoms with Gasteiger partial charge in [0.25, 0.3) is 0 Å². The van der Waals surface area contributed by atoms with Gasteiger partial charge in [-0.1, -0.05) is 39.0 Å². The fraction of sp³-hybridized carbons (Fsp3) is 0.750. The molecule has 0 aromatic heterocycles. The first-order valence-electron chi connectivity index (χ1n) is 7.25. The van der Waals surface area contributed by atoms with Crippen LogP contribution in [0, 0.1) is 0 Å². The second-order valence-electron chi connectivity index (χ2n) is 7.07. The van der Waals surface area contributed by atoms with Crippen molar-refractivity contribution >= 4 is 8.32 Å². The summed E-state index contributed by atoms with van der Waals surface area (Å²) in [5.74, 6) is 0. The van der Waals surface area contributed by atoms with Crippen LogP contribution in [0.15, 0.2) is 23.8 Å². The molecule has 2 nitrogen and oxygen atoms in total. The molecule has 0 aromatic rings. The van der Waals surface area contributed by atoms with Crippen molar-refractivity contribution in [2.45, 2.75) is 64.8 Å². The third kappa shape index (κ3) is 4.90. The summed E-state index contributed by atoms with van der Waals surface area (Å²) in [5.41, 5.74) is 2.38. The molecule has 1 heterocycles. The van der Waals surface area contributed by atoms with Crippen LogP contribution in [-0.2, 0) is 9.16 Å². The van der Waals surface area contributed by atoms with E-state index in [2.05, 4.69) is 46.5 Å². The first-order valence-corrected chi connectivity index (χ1v) is 10.2. The van der Waals surface area contributed by atoms with Gasteiger partial charge in [-0.3, -0.25) is 0 Å². The zero-order valence-electron chi connectivity index (χ0n) is 13.5. The maximum absolute atomic E-state index is 6.17. The van der Waals surface area contributed by atoms with Crippen molar-refractivity contribution in [3.8, 4) is 0 Å². The van der Waals surface area contributed by atoms with Crippen molar-refractivity contribution < 1.29 is 9.16 Å². The summed E-state index contributed by atoms with van der Waals surface area (Å²) in [4.78, 5) is 0. The van der Waals surface area contributed by atoms with E-state index in [-0.39, 0.29) is 6.10 Å². The summed E-state index contributed by atoms with van der Waals surface area (Å²) in [7, 11) is -1.58. The van der Waals surface area contributed by atoms with Crippen molar-refractivity contribution in [2.24, 2.45) is 0 Å². The highest BCUT2D eigenvalue weighted by atomic mass is 28.4. The Morgan fingerprint density at radius 2 is 2.11 bits per heavy atom. The van der Waals surface area contributed by atoms with Crippen molar-refractivity contribution in [1.82, 2.24) is 0 Å². The van der Waals surface area contributed by atoms with Gasteiger partial charge in [0.05, 0.1) is 12.7 Å². The normalized spacial score (nSPS) is 20.5. The molecule has 0 fully saturated rings. The number of ether oxygens (including phenoxy) is 1. The molecule has 1 atom stereocenters. The Kier molecular flexibility index (Phi) is 5.60. The SMILES string of the molecule is C=C(C)C1=CC(CCCO[Si](C)(C)C(C)(C)C)OC1. The molecule has 1 aliphatic rings. The van der Waals surface area contributed by atoms with E-state index in [0.29, 0.717) is 5.04 Å². The van der Waals surface area contributed by atoms with E-state index in [4.69, 9.17) is 9.16 Å². The summed E-state index contributed by atoms with van der Waals surface area (Å²) in [5, 5.41) is 0.296. The smallest absolute Gasteiger partial charge is 0.191 e. The number of rotatable bonds is 6. The lowest BCUT2D eigenvalue weighted by Crippen LogP contribution is -2.41. The van der Waals surface area contributed by atoms with E-state index < -0.39 is 8.32 Å². The Morgan fingerprint density at radius 3 is 2.58 bits per heavy atom. The Labute approximate surface area is 120 Å². The second kappa shape index (κ2) is 6.38. The lowest BCUT2D eigenvalue weighted by molar-refractivity contribution is 0.112. The minimum atomic E-state index is -1.58. The maximum atomic E-state index is 6.17. The molecule has 0 N–H and O–H groups in total. The third-order valence-electron chi connectivity index (χ3n) is 4.29. The standard InChI is InChI=1S/C16H30O2Si/c1-13(2)14-11-15(17-12-14)9-8-10-18-19(6,7)16(3,4)5/h11,15H,1,8-10,12H2,2-7H3. The zero-order valence-corrected chi connectivity index (χ0v) is 14.5. The molecule has 1 unspecified atom stereocenters. The molecule has 19 heavy (non-hydrogen) atoms. The molecule has 0 saturated heterocycles. The highest BCUT2D eigenvalue weighted by Gasteiger charge is 2.36. The molecule has 3 heteroatoms. The van der Waals surface area contributed by atoms with Gasteiger partial charge in [0.15, 0.2) is 8.32 Å². The number of hydrogen-bond acceptors (Lipinski definition) is 2. The molecular weight excluding hydrogens is 252 g/mol. The monoisotopic (exact) mass is 282 g/mol. The Bertz CT molecular complexity index is 350. The van der Waals surface area contributed by atoms with Crippen LogP contribution in [0.3, 0.4) is 0 Å². The fourth-order valence-corrected chi connectivity index (χ4v) is 2.87. The minimum Gasteiger partial charge on any atom is -0.417 e. The molecule has 0 aliphatic carbocycles. The van der Waals surface area contributed by atoms with Gasteiger partial charge < -0.3 is 9.16 Å². The first kappa shape index (κ1) is 16.7. The topological polar surface area (TPSA) is 18.5 Å². The molecule has 0 amide bonds. The van der Waals surface area contributed by atoms with E-state index >= 15 is 0 Å². The van der Waals surface area contributed by atoms with E-state index in [1.807, 2.05) is 6.92 Å². The number of hydrogen-bond donors (Lipinski definition) is 0. The van der Waals surface area contributed by atoms with Crippen LogP contribution >= 0.6 is 0 Å². The molecule has 0 saturated carbocycles. The van der Waals surface area contributed by atoms with Crippen LogP contribution < -0.4 is 0 Å².